The third-order valence-corrected chi connectivity index (χ3v) is 6.37. The molecule has 2 aromatic carbocycles. The van der Waals surface area contributed by atoms with Crippen LogP contribution in [-0.2, 0) is 4.79 Å². The lowest BCUT2D eigenvalue weighted by Crippen LogP contribution is -2.32. The van der Waals surface area contributed by atoms with Gasteiger partial charge in [0, 0.05) is 17.6 Å². The number of thioether (sulfide) groups is 1. The van der Waals surface area contributed by atoms with Crippen LogP contribution >= 0.6 is 27.7 Å². The zero-order valence-electron chi connectivity index (χ0n) is 16.8. The first kappa shape index (κ1) is 21.6. The highest BCUT2D eigenvalue weighted by atomic mass is 79.9. The number of benzene rings is 2. The Morgan fingerprint density at radius 2 is 1.86 bits per heavy atom. The highest BCUT2D eigenvalue weighted by Crippen LogP contribution is 2.26. The molecule has 152 valence electrons. The summed E-state index contributed by atoms with van der Waals surface area (Å²) in [6.45, 7) is 7.25. The van der Waals surface area contributed by atoms with Crippen LogP contribution in [0.4, 0.5) is 0 Å². The molecular weight excluding hydrogens is 450 g/mol. The van der Waals surface area contributed by atoms with Crippen molar-refractivity contribution in [2.24, 2.45) is 0 Å². The number of halogens is 1. The van der Waals surface area contributed by atoms with Crippen molar-refractivity contribution in [1.82, 2.24) is 14.5 Å². The number of hydrogen-bond acceptors (Lipinski definition) is 4. The van der Waals surface area contributed by atoms with Gasteiger partial charge in [-0.1, -0.05) is 58.0 Å². The molecule has 1 atom stereocenters. The highest BCUT2D eigenvalue weighted by molar-refractivity contribution is 9.10. The molecule has 0 radical (unpaired) electrons. The van der Waals surface area contributed by atoms with Gasteiger partial charge in [-0.2, -0.15) is 0 Å². The smallest absolute Gasteiger partial charge is 0.262 e. The molecular formula is C22H24BrN3O2S. The Kier molecular flexibility index (Phi) is 7.14. The first-order chi connectivity index (χ1) is 14.0. The molecule has 0 aliphatic rings. The molecule has 1 amide bonds. The molecule has 3 rings (SSSR count). The number of carbonyl (C=O) groups is 1. The van der Waals surface area contributed by atoms with Crippen LogP contribution in [0.2, 0.25) is 0 Å². The van der Waals surface area contributed by atoms with Gasteiger partial charge < -0.3 is 4.90 Å². The second kappa shape index (κ2) is 9.59. The van der Waals surface area contributed by atoms with E-state index in [1.54, 1.807) is 15.5 Å². The van der Waals surface area contributed by atoms with Gasteiger partial charge in [-0.05, 0) is 44.5 Å². The van der Waals surface area contributed by atoms with Crippen LogP contribution in [0.1, 0.15) is 32.4 Å². The van der Waals surface area contributed by atoms with E-state index in [1.807, 2.05) is 63.2 Å². The van der Waals surface area contributed by atoms with Crippen LogP contribution in [0.3, 0.4) is 0 Å². The summed E-state index contributed by atoms with van der Waals surface area (Å²) in [4.78, 5) is 32.4. The van der Waals surface area contributed by atoms with Crippen LogP contribution in [0.15, 0.2) is 63.0 Å². The van der Waals surface area contributed by atoms with E-state index in [9.17, 15) is 9.59 Å². The highest BCUT2D eigenvalue weighted by Gasteiger charge is 2.20. The molecule has 29 heavy (non-hydrogen) atoms. The summed E-state index contributed by atoms with van der Waals surface area (Å²) < 4.78 is 2.53. The van der Waals surface area contributed by atoms with Crippen LogP contribution in [-0.4, -0.2) is 39.2 Å². The standard InChI is InChI=1S/C22H24BrN3O2S/c1-4-25(5-2)20(27)14-29-22-24-19-12-11-17(23)13-18(19)21(28)26(22)15(3)16-9-7-6-8-10-16/h6-13,15H,4-5,14H2,1-3H3. The van der Waals surface area contributed by atoms with Crippen molar-refractivity contribution in [1.29, 1.82) is 0 Å². The minimum atomic E-state index is -0.203. The van der Waals surface area contributed by atoms with Crippen molar-refractivity contribution in [3.63, 3.8) is 0 Å². The SMILES string of the molecule is CCN(CC)C(=O)CSc1nc2ccc(Br)cc2c(=O)n1C(C)c1ccccc1. The average Bonchev–Trinajstić information content (AvgIpc) is 2.74. The third kappa shape index (κ3) is 4.73. The zero-order valence-corrected chi connectivity index (χ0v) is 19.2. The topological polar surface area (TPSA) is 55.2 Å². The van der Waals surface area contributed by atoms with Gasteiger partial charge in [0.25, 0.3) is 5.56 Å². The fourth-order valence-electron chi connectivity index (χ4n) is 3.27. The first-order valence-corrected chi connectivity index (χ1v) is 11.4. The quantitative estimate of drug-likeness (QED) is 0.367. The van der Waals surface area contributed by atoms with Crippen LogP contribution in [0, 0.1) is 0 Å². The molecule has 1 heterocycles. The number of amides is 1. The Bertz CT molecular complexity index is 1060. The summed E-state index contributed by atoms with van der Waals surface area (Å²) in [5.74, 6) is 0.293. The van der Waals surface area contributed by atoms with Crippen LogP contribution in [0.5, 0.6) is 0 Å². The second-order valence-corrected chi connectivity index (χ2v) is 8.53. The molecule has 0 aliphatic heterocycles. The molecule has 0 spiro atoms. The predicted octanol–water partition coefficient (Wildman–Crippen LogP) is 4.73. The Morgan fingerprint density at radius 3 is 2.52 bits per heavy atom. The first-order valence-electron chi connectivity index (χ1n) is 9.63. The van der Waals surface area contributed by atoms with Gasteiger partial charge in [0.05, 0.1) is 22.7 Å². The van der Waals surface area contributed by atoms with E-state index in [-0.39, 0.29) is 23.3 Å². The molecule has 1 unspecified atom stereocenters. The Morgan fingerprint density at radius 1 is 1.17 bits per heavy atom. The number of fused-ring (bicyclic) bond motifs is 1. The van der Waals surface area contributed by atoms with E-state index in [4.69, 9.17) is 4.98 Å². The van der Waals surface area contributed by atoms with Crippen LogP contribution in [0.25, 0.3) is 10.9 Å². The van der Waals surface area contributed by atoms with E-state index in [0.29, 0.717) is 29.1 Å². The molecule has 0 N–H and O–H groups in total. The van der Waals surface area contributed by atoms with Gasteiger partial charge in [-0.15, -0.1) is 0 Å². The van der Waals surface area contributed by atoms with E-state index >= 15 is 0 Å². The van der Waals surface area contributed by atoms with Gasteiger partial charge >= 0.3 is 0 Å². The van der Waals surface area contributed by atoms with Gasteiger partial charge in [-0.25, -0.2) is 4.98 Å². The number of hydrogen-bond donors (Lipinski definition) is 0. The van der Waals surface area contributed by atoms with E-state index in [2.05, 4.69) is 15.9 Å². The van der Waals surface area contributed by atoms with Gasteiger partial charge in [-0.3, -0.25) is 14.2 Å². The van der Waals surface area contributed by atoms with Crippen molar-refractivity contribution < 1.29 is 4.79 Å². The lowest BCUT2D eigenvalue weighted by Gasteiger charge is -2.21. The van der Waals surface area contributed by atoms with Gasteiger partial charge in [0.15, 0.2) is 5.16 Å². The van der Waals surface area contributed by atoms with Crippen molar-refractivity contribution in [3.05, 3.63) is 68.9 Å². The normalized spacial score (nSPS) is 12.1. The molecule has 1 aromatic heterocycles. The minimum Gasteiger partial charge on any atom is -0.343 e. The minimum absolute atomic E-state index is 0.0454. The monoisotopic (exact) mass is 473 g/mol. The van der Waals surface area contributed by atoms with Crippen molar-refractivity contribution in [2.75, 3.05) is 18.8 Å². The van der Waals surface area contributed by atoms with E-state index < -0.39 is 0 Å². The fourth-order valence-corrected chi connectivity index (χ4v) is 4.61. The predicted molar refractivity (Wildman–Crippen MR) is 123 cm³/mol. The maximum atomic E-state index is 13.4. The lowest BCUT2D eigenvalue weighted by molar-refractivity contribution is -0.127. The van der Waals surface area contributed by atoms with E-state index in [1.165, 1.54) is 11.8 Å². The Labute approximate surface area is 183 Å². The van der Waals surface area contributed by atoms with Gasteiger partial charge in [0.2, 0.25) is 5.91 Å². The van der Waals surface area contributed by atoms with Gasteiger partial charge in [0.1, 0.15) is 0 Å². The molecule has 3 aromatic rings. The van der Waals surface area contributed by atoms with Crippen molar-refractivity contribution in [3.8, 4) is 0 Å². The number of carbonyl (C=O) groups excluding carboxylic acids is 1. The number of aromatic nitrogens is 2. The molecule has 0 fully saturated rings. The summed E-state index contributed by atoms with van der Waals surface area (Å²) in [6.07, 6.45) is 0. The molecule has 0 saturated heterocycles. The number of rotatable bonds is 7. The fraction of sp³-hybridized carbons (Fsp3) is 0.318. The summed E-state index contributed by atoms with van der Waals surface area (Å²) in [7, 11) is 0. The van der Waals surface area contributed by atoms with Crippen molar-refractivity contribution >= 4 is 44.5 Å². The summed E-state index contributed by atoms with van der Waals surface area (Å²) in [6, 6.07) is 15.2. The van der Waals surface area contributed by atoms with Crippen molar-refractivity contribution in [2.45, 2.75) is 32.0 Å². The number of nitrogens with zero attached hydrogens (tertiary/aromatic N) is 3. The zero-order chi connectivity index (χ0) is 21.0. The molecule has 7 heteroatoms. The maximum absolute atomic E-state index is 13.4. The third-order valence-electron chi connectivity index (χ3n) is 4.94. The summed E-state index contributed by atoms with van der Waals surface area (Å²) in [5, 5.41) is 1.11. The average molecular weight is 474 g/mol. The van der Waals surface area contributed by atoms with Crippen LogP contribution < -0.4 is 5.56 Å². The molecule has 0 bridgehead atoms. The largest absolute Gasteiger partial charge is 0.343 e. The maximum Gasteiger partial charge on any atom is 0.262 e. The second-order valence-electron chi connectivity index (χ2n) is 6.67. The lowest BCUT2D eigenvalue weighted by atomic mass is 10.1. The molecule has 0 aliphatic carbocycles. The van der Waals surface area contributed by atoms with E-state index in [0.717, 1.165) is 10.0 Å². The Balaban J connectivity index is 2.08. The molecule has 0 saturated carbocycles. The Hall–Kier alpha value is -2.12. The summed E-state index contributed by atoms with van der Waals surface area (Å²) >= 11 is 4.76. The molecule has 5 nitrogen and oxygen atoms in total. The summed E-state index contributed by atoms with van der Waals surface area (Å²) in [5.41, 5.74) is 1.54.